The fourth-order valence-corrected chi connectivity index (χ4v) is 1.19. The quantitative estimate of drug-likeness (QED) is 0.601. The van der Waals surface area contributed by atoms with Gasteiger partial charge in [-0.3, -0.25) is 0 Å². The number of rotatable bonds is 9. The van der Waals surface area contributed by atoms with Crippen molar-refractivity contribution in [2.75, 3.05) is 33.4 Å². The van der Waals surface area contributed by atoms with E-state index in [1.54, 1.807) is 0 Å². The molecule has 92 valence electrons. The Morgan fingerprint density at radius 1 is 0.933 bits per heavy atom. The van der Waals surface area contributed by atoms with Gasteiger partial charge >= 0.3 is 0 Å². The SMILES string of the molecule is CNCCCCCOCCOC(C)(C)C. The van der Waals surface area contributed by atoms with Gasteiger partial charge in [0, 0.05) is 6.61 Å². The zero-order valence-electron chi connectivity index (χ0n) is 10.8. The van der Waals surface area contributed by atoms with Gasteiger partial charge in [-0.05, 0) is 53.6 Å². The minimum Gasteiger partial charge on any atom is -0.379 e. The highest BCUT2D eigenvalue weighted by molar-refractivity contribution is 4.57. The molecule has 0 amide bonds. The first-order valence-corrected chi connectivity index (χ1v) is 5.92. The fourth-order valence-electron chi connectivity index (χ4n) is 1.19. The van der Waals surface area contributed by atoms with Crippen LogP contribution in [0, 0.1) is 0 Å². The summed E-state index contributed by atoms with van der Waals surface area (Å²) in [4.78, 5) is 0. The van der Waals surface area contributed by atoms with Crippen molar-refractivity contribution in [3.05, 3.63) is 0 Å². The Morgan fingerprint density at radius 3 is 2.27 bits per heavy atom. The molecule has 0 unspecified atom stereocenters. The van der Waals surface area contributed by atoms with Gasteiger partial charge in [0.1, 0.15) is 0 Å². The van der Waals surface area contributed by atoms with Gasteiger partial charge in [0.15, 0.2) is 0 Å². The Balaban J connectivity index is 2.99. The van der Waals surface area contributed by atoms with Gasteiger partial charge in [0.2, 0.25) is 0 Å². The van der Waals surface area contributed by atoms with Crippen LogP contribution in [-0.4, -0.2) is 39.0 Å². The zero-order chi connectivity index (χ0) is 11.6. The first kappa shape index (κ1) is 14.9. The first-order valence-electron chi connectivity index (χ1n) is 5.92. The van der Waals surface area contributed by atoms with Crippen LogP contribution in [-0.2, 0) is 9.47 Å². The van der Waals surface area contributed by atoms with Crippen LogP contribution >= 0.6 is 0 Å². The lowest BCUT2D eigenvalue weighted by molar-refractivity contribution is -0.0351. The number of nitrogens with one attached hydrogen (secondary N) is 1. The van der Waals surface area contributed by atoms with Crippen LogP contribution in [0.5, 0.6) is 0 Å². The largest absolute Gasteiger partial charge is 0.379 e. The molecule has 1 N–H and O–H groups in total. The maximum absolute atomic E-state index is 5.54. The van der Waals surface area contributed by atoms with Crippen LogP contribution in [0.2, 0.25) is 0 Å². The molecule has 0 spiro atoms. The highest BCUT2D eigenvalue weighted by Crippen LogP contribution is 2.05. The Labute approximate surface area is 94.5 Å². The van der Waals surface area contributed by atoms with E-state index in [1.807, 2.05) is 7.05 Å². The molecule has 0 saturated carbocycles. The monoisotopic (exact) mass is 217 g/mol. The lowest BCUT2D eigenvalue weighted by Crippen LogP contribution is -2.21. The van der Waals surface area contributed by atoms with Gasteiger partial charge in [0.25, 0.3) is 0 Å². The van der Waals surface area contributed by atoms with Gasteiger partial charge < -0.3 is 14.8 Å². The van der Waals surface area contributed by atoms with E-state index in [0.29, 0.717) is 13.2 Å². The second kappa shape index (κ2) is 9.13. The van der Waals surface area contributed by atoms with Gasteiger partial charge in [0.05, 0.1) is 18.8 Å². The van der Waals surface area contributed by atoms with Crippen molar-refractivity contribution < 1.29 is 9.47 Å². The molecule has 0 saturated heterocycles. The van der Waals surface area contributed by atoms with Gasteiger partial charge in [-0.1, -0.05) is 0 Å². The molecule has 0 bridgehead atoms. The van der Waals surface area contributed by atoms with Crippen LogP contribution < -0.4 is 5.32 Å². The summed E-state index contributed by atoms with van der Waals surface area (Å²) in [6.45, 7) is 9.55. The highest BCUT2D eigenvalue weighted by Gasteiger charge is 2.08. The Morgan fingerprint density at radius 2 is 1.67 bits per heavy atom. The number of unbranched alkanes of at least 4 members (excludes halogenated alkanes) is 2. The predicted octanol–water partition coefficient (Wildman–Crippen LogP) is 2.21. The molecule has 0 fully saturated rings. The molecular formula is C12H27NO2. The Hall–Kier alpha value is -0.120. The maximum Gasteiger partial charge on any atom is 0.0707 e. The molecule has 0 rings (SSSR count). The molecule has 0 aromatic heterocycles. The van der Waals surface area contributed by atoms with E-state index in [1.165, 1.54) is 12.8 Å². The molecule has 3 nitrogen and oxygen atoms in total. The normalized spacial score (nSPS) is 12.0. The fraction of sp³-hybridized carbons (Fsp3) is 1.00. The third-order valence-corrected chi connectivity index (χ3v) is 1.98. The molecule has 0 aromatic rings. The number of hydrogen-bond donors (Lipinski definition) is 1. The van der Waals surface area contributed by atoms with Gasteiger partial charge in [-0.25, -0.2) is 0 Å². The summed E-state index contributed by atoms with van der Waals surface area (Å²) in [5.74, 6) is 0. The molecule has 0 aliphatic carbocycles. The lowest BCUT2D eigenvalue weighted by Gasteiger charge is -2.19. The molecule has 0 heterocycles. The van der Waals surface area contributed by atoms with Crippen molar-refractivity contribution in [1.29, 1.82) is 0 Å². The Bertz CT molecular complexity index is 132. The first-order chi connectivity index (χ1) is 7.06. The van der Waals surface area contributed by atoms with Crippen LogP contribution in [0.3, 0.4) is 0 Å². The van der Waals surface area contributed by atoms with E-state index in [4.69, 9.17) is 9.47 Å². The maximum atomic E-state index is 5.54. The summed E-state index contributed by atoms with van der Waals surface area (Å²) in [6, 6.07) is 0. The molecule has 0 aliphatic heterocycles. The summed E-state index contributed by atoms with van der Waals surface area (Å²) in [5.41, 5.74) is -0.0455. The van der Waals surface area contributed by atoms with E-state index >= 15 is 0 Å². The predicted molar refractivity (Wildman–Crippen MR) is 64.3 cm³/mol. The topological polar surface area (TPSA) is 30.5 Å². The molecule has 0 aliphatic rings. The minimum absolute atomic E-state index is 0.0455. The molecule has 0 aromatic carbocycles. The van der Waals surface area contributed by atoms with Crippen LogP contribution in [0.25, 0.3) is 0 Å². The smallest absolute Gasteiger partial charge is 0.0707 e. The van der Waals surface area contributed by atoms with E-state index in [2.05, 4.69) is 26.1 Å². The van der Waals surface area contributed by atoms with Crippen LogP contribution in [0.15, 0.2) is 0 Å². The average Bonchev–Trinajstić information content (AvgIpc) is 2.14. The van der Waals surface area contributed by atoms with Crippen LogP contribution in [0.4, 0.5) is 0 Å². The number of ether oxygens (including phenoxy) is 2. The second-order valence-electron chi connectivity index (χ2n) is 4.74. The minimum atomic E-state index is -0.0455. The summed E-state index contributed by atoms with van der Waals surface area (Å²) < 4.78 is 11.0. The zero-order valence-corrected chi connectivity index (χ0v) is 10.8. The van der Waals surface area contributed by atoms with Crippen molar-refractivity contribution in [3.63, 3.8) is 0 Å². The van der Waals surface area contributed by atoms with Crippen molar-refractivity contribution >= 4 is 0 Å². The summed E-state index contributed by atoms with van der Waals surface area (Å²) in [7, 11) is 1.99. The molecule has 0 radical (unpaired) electrons. The van der Waals surface area contributed by atoms with Gasteiger partial charge in [-0.2, -0.15) is 0 Å². The molecule has 15 heavy (non-hydrogen) atoms. The summed E-state index contributed by atoms with van der Waals surface area (Å²) >= 11 is 0. The molecular weight excluding hydrogens is 190 g/mol. The van der Waals surface area contributed by atoms with Crippen molar-refractivity contribution in [2.24, 2.45) is 0 Å². The summed E-state index contributed by atoms with van der Waals surface area (Å²) in [5, 5.41) is 3.13. The average molecular weight is 217 g/mol. The van der Waals surface area contributed by atoms with Crippen LogP contribution in [0.1, 0.15) is 40.0 Å². The van der Waals surface area contributed by atoms with Crippen molar-refractivity contribution in [2.45, 2.75) is 45.6 Å². The van der Waals surface area contributed by atoms with E-state index in [0.717, 1.165) is 19.6 Å². The van der Waals surface area contributed by atoms with E-state index in [-0.39, 0.29) is 5.60 Å². The third kappa shape index (κ3) is 13.9. The molecule has 3 heteroatoms. The van der Waals surface area contributed by atoms with Crippen molar-refractivity contribution in [1.82, 2.24) is 5.32 Å². The van der Waals surface area contributed by atoms with Gasteiger partial charge in [-0.15, -0.1) is 0 Å². The molecule has 0 atom stereocenters. The van der Waals surface area contributed by atoms with Crippen molar-refractivity contribution in [3.8, 4) is 0 Å². The third-order valence-electron chi connectivity index (χ3n) is 1.98. The van der Waals surface area contributed by atoms with E-state index in [9.17, 15) is 0 Å². The Kier molecular flexibility index (Phi) is 9.06. The number of hydrogen-bond acceptors (Lipinski definition) is 3. The standard InChI is InChI=1S/C12H27NO2/c1-12(2,3)15-11-10-14-9-7-5-6-8-13-4/h13H,5-11H2,1-4H3. The second-order valence-corrected chi connectivity index (χ2v) is 4.74. The highest BCUT2D eigenvalue weighted by atomic mass is 16.5. The summed E-state index contributed by atoms with van der Waals surface area (Å²) in [6.07, 6.45) is 3.62. The van der Waals surface area contributed by atoms with E-state index < -0.39 is 0 Å². The lowest BCUT2D eigenvalue weighted by atomic mass is 10.2.